The van der Waals surface area contributed by atoms with E-state index in [1.54, 1.807) is 13.1 Å². The molecule has 178 valence electrons. The Bertz CT molecular complexity index is 1310. The van der Waals surface area contributed by atoms with E-state index in [-0.39, 0.29) is 23.0 Å². The monoisotopic (exact) mass is 489 g/mol. The molecule has 2 aromatic carbocycles. The number of halogens is 3. The minimum absolute atomic E-state index is 0.109. The molecule has 10 heteroatoms. The number of pyridine rings is 1. The number of hydrogen-bond acceptors (Lipinski definition) is 5. The number of nitrogens with zero attached hydrogens (tertiary/aromatic N) is 3. The summed E-state index contributed by atoms with van der Waals surface area (Å²) in [6, 6.07) is 13.5. The average molecular weight is 489 g/mol. The van der Waals surface area contributed by atoms with E-state index in [0.717, 1.165) is 16.2 Å². The number of anilines is 1. The Balaban J connectivity index is 1.55. The maximum atomic E-state index is 12.9. The fraction of sp³-hybridized carbons (Fsp3) is 0.333. The van der Waals surface area contributed by atoms with E-state index in [1.807, 2.05) is 23.1 Å². The summed E-state index contributed by atoms with van der Waals surface area (Å²) in [5.74, 6) is -0.0374. The number of fused-ring (bicyclic) bond motifs is 1. The molecular formula is C24H23F3N3O3P. The molecule has 1 unspecified atom stereocenters. The molecule has 0 amide bonds. The predicted octanol–water partition coefficient (Wildman–Crippen LogP) is 4.29. The second-order valence-electron chi connectivity index (χ2n) is 8.01. The van der Waals surface area contributed by atoms with Crippen LogP contribution in [0.3, 0.4) is 0 Å². The summed E-state index contributed by atoms with van der Waals surface area (Å²) in [4.78, 5) is 14.9. The van der Waals surface area contributed by atoms with Crippen molar-refractivity contribution in [2.45, 2.75) is 25.3 Å². The van der Waals surface area contributed by atoms with Gasteiger partial charge < -0.3 is 18.9 Å². The van der Waals surface area contributed by atoms with E-state index in [9.17, 15) is 23.2 Å². The first-order valence-corrected chi connectivity index (χ1v) is 12.2. The number of alkyl halides is 3. The topological polar surface area (TPSA) is 67.5 Å². The minimum atomic E-state index is -4.77. The Hall–Kier alpha value is -3.24. The fourth-order valence-electron chi connectivity index (χ4n) is 4.24. The van der Waals surface area contributed by atoms with Crippen LogP contribution in [0.25, 0.3) is 10.9 Å². The lowest BCUT2D eigenvalue weighted by molar-refractivity contribution is -0.274. The highest BCUT2D eigenvalue weighted by atomic mass is 31.1. The van der Waals surface area contributed by atoms with Crippen LogP contribution < -0.4 is 25.2 Å². The lowest BCUT2D eigenvalue weighted by atomic mass is 10.0. The first-order valence-electron chi connectivity index (χ1n) is 10.7. The van der Waals surface area contributed by atoms with Gasteiger partial charge in [-0.3, -0.25) is 4.79 Å². The molecule has 34 heavy (non-hydrogen) atoms. The first-order chi connectivity index (χ1) is 16.2. The summed E-state index contributed by atoms with van der Waals surface area (Å²) in [6.07, 6.45) is -3.81. The zero-order valence-electron chi connectivity index (χ0n) is 18.6. The number of ether oxygens (including phenoxy) is 2. The molecule has 0 bridgehead atoms. The molecule has 3 aromatic rings. The van der Waals surface area contributed by atoms with Gasteiger partial charge in [-0.15, -0.1) is 13.2 Å². The van der Waals surface area contributed by atoms with Crippen LogP contribution >= 0.6 is 8.58 Å². The van der Waals surface area contributed by atoms with Crippen LogP contribution in [-0.4, -0.2) is 36.8 Å². The molecular weight excluding hydrogens is 466 g/mol. The molecule has 0 saturated carbocycles. The highest BCUT2D eigenvalue weighted by Gasteiger charge is 2.31. The molecule has 1 fully saturated rings. The highest BCUT2D eigenvalue weighted by Crippen LogP contribution is 2.32. The SMILES string of the molecule is CPc1ccc2c(N3CCC(Oc4cccc(OC(F)(F)F)c4)CC3)c(C#N)c(=O)n(C)c2c1. The van der Waals surface area contributed by atoms with Gasteiger partial charge in [-0.05, 0) is 30.2 Å². The van der Waals surface area contributed by atoms with Crippen LogP contribution in [0.15, 0.2) is 47.3 Å². The van der Waals surface area contributed by atoms with Crippen molar-refractivity contribution in [1.29, 1.82) is 5.26 Å². The Morgan fingerprint density at radius 3 is 2.47 bits per heavy atom. The van der Waals surface area contributed by atoms with E-state index in [0.29, 0.717) is 45.9 Å². The average Bonchev–Trinajstić information content (AvgIpc) is 2.80. The summed E-state index contributed by atoms with van der Waals surface area (Å²) in [5.41, 5.74) is 1.19. The molecule has 0 radical (unpaired) electrons. The van der Waals surface area contributed by atoms with Crippen LogP contribution in [0, 0.1) is 11.3 Å². The van der Waals surface area contributed by atoms with Crippen LogP contribution in [0.1, 0.15) is 18.4 Å². The maximum Gasteiger partial charge on any atom is 0.573 e. The molecule has 1 atom stereocenters. The van der Waals surface area contributed by atoms with Gasteiger partial charge in [0.25, 0.3) is 5.56 Å². The molecule has 4 rings (SSSR count). The Morgan fingerprint density at radius 2 is 1.82 bits per heavy atom. The van der Waals surface area contributed by atoms with Gasteiger partial charge in [-0.25, -0.2) is 0 Å². The first kappa shape index (κ1) is 23.9. The van der Waals surface area contributed by atoms with Crippen molar-refractivity contribution in [3.05, 3.63) is 58.4 Å². The lowest BCUT2D eigenvalue weighted by Gasteiger charge is -2.35. The third-order valence-corrected chi connectivity index (χ3v) is 6.76. The van der Waals surface area contributed by atoms with Crippen molar-refractivity contribution in [2.24, 2.45) is 7.05 Å². The van der Waals surface area contributed by atoms with Gasteiger partial charge in [0, 0.05) is 44.4 Å². The number of piperidine rings is 1. The summed E-state index contributed by atoms with van der Waals surface area (Å²) >= 11 is 0. The standard InChI is InChI=1S/C24H23F3N3O3P/c1-29-21-13-18(34-2)6-7-19(21)22(20(14-28)23(29)31)30-10-8-15(9-11-30)32-16-4-3-5-17(12-16)33-24(25,26)27/h3-7,12-13,15,34H,8-11H2,1-2H3. The normalized spacial score (nSPS) is 15.1. The molecule has 0 spiro atoms. The summed E-state index contributed by atoms with van der Waals surface area (Å²) in [6.45, 7) is 3.15. The lowest BCUT2D eigenvalue weighted by Crippen LogP contribution is -2.40. The van der Waals surface area contributed by atoms with Gasteiger partial charge >= 0.3 is 6.36 Å². The summed E-state index contributed by atoms with van der Waals surface area (Å²) in [7, 11) is 2.26. The van der Waals surface area contributed by atoms with E-state index in [2.05, 4.69) is 17.5 Å². The van der Waals surface area contributed by atoms with Gasteiger partial charge in [0.15, 0.2) is 0 Å². The van der Waals surface area contributed by atoms with Crippen molar-refractivity contribution < 1.29 is 22.6 Å². The zero-order valence-corrected chi connectivity index (χ0v) is 19.6. The Labute approximate surface area is 196 Å². The fourth-order valence-corrected chi connectivity index (χ4v) is 4.77. The number of hydrogen-bond donors (Lipinski definition) is 0. The highest BCUT2D eigenvalue weighted by molar-refractivity contribution is 7.46. The molecule has 0 aliphatic carbocycles. The van der Waals surface area contributed by atoms with Gasteiger partial charge in [-0.1, -0.05) is 26.8 Å². The van der Waals surface area contributed by atoms with E-state index in [1.165, 1.54) is 22.8 Å². The van der Waals surface area contributed by atoms with Gasteiger partial charge in [0.2, 0.25) is 0 Å². The van der Waals surface area contributed by atoms with Crippen molar-refractivity contribution >= 4 is 30.5 Å². The molecule has 2 heterocycles. The van der Waals surface area contributed by atoms with E-state index < -0.39 is 6.36 Å². The third kappa shape index (κ3) is 4.97. The van der Waals surface area contributed by atoms with Crippen LogP contribution in [-0.2, 0) is 7.05 Å². The molecule has 1 saturated heterocycles. The largest absolute Gasteiger partial charge is 0.573 e. The van der Waals surface area contributed by atoms with Crippen LogP contribution in [0.4, 0.5) is 18.9 Å². The molecule has 0 N–H and O–H groups in total. The molecule has 1 aromatic heterocycles. The Kier molecular flexibility index (Phi) is 6.72. The third-order valence-electron chi connectivity index (χ3n) is 5.87. The van der Waals surface area contributed by atoms with Crippen molar-refractivity contribution in [3.63, 3.8) is 0 Å². The van der Waals surface area contributed by atoms with E-state index >= 15 is 0 Å². The van der Waals surface area contributed by atoms with Crippen molar-refractivity contribution in [1.82, 2.24) is 4.57 Å². The smallest absolute Gasteiger partial charge is 0.490 e. The molecule has 6 nitrogen and oxygen atoms in total. The molecule has 1 aliphatic heterocycles. The van der Waals surface area contributed by atoms with Gasteiger partial charge in [-0.2, -0.15) is 5.26 Å². The second-order valence-corrected chi connectivity index (χ2v) is 9.09. The van der Waals surface area contributed by atoms with Crippen molar-refractivity contribution in [3.8, 4) is 17.6 Å². The quantitative estimate of drug-likeness (QED) is 0.501. The van der Waals surface area contributed by atoms with Crippen LogP contribution in [0.2, 0.25) is 0 Å². The summed E-state index contributed by atoms with van der Waals surface area (Å²) in [5, 5.41) is 11.7. The van der Waals surface area contributed by atoms with Gasteiger partial charge in [0.1, 0.15) is 29.2 Å². The Morgan fingerprint density at radius 1 is 1.12 bits per heavy atom. The number of aromatic nitrogens is 1. The number of rotatable bonds is 5. The molecule has 1 aliphatic rings. The van der Waals surface area contributed by atoms with Crippen LogP contribution in [0.5, 0.6) is 11.5 Å². The zero-order chi connectivity index (χ0) is 24.5. The van der Waals surface area contributed by atoms with Crippen molar-refractivity contribution in [2.75, 3.05) is 24.7 Å². The number of benzene rings is 2. The number of aryl methyl sites for hydroxylation is 1. The maximum absolute atomic E-state index is 12.9. The van der Waals surface area contributed by atoms with Gasteiger partial charge in [0.05, 0.1) is 11.2 Å². The number of nitriles is 1. The summed E-state index contributed by atoms with van der Waals surface area (Å²) < 4.78 is 48.9. The second kappa shape index (κ2) is 9.55. The van der Waals surface area contributed by atoms with E-state index in [4.69, 9.17) is 4.74 Å². The minimum Gasteiger partial charge on any atom is -0.490 e. The predicted molar refractivity (Wildman–Crippen MR) is 127 cm³/mol.